The number of aryl methyl sites for hydroxylation is 2. The molecule has 0 spiro atoms. The minimum atomic E-state index is -0.425. The molecule has 1 saturated carbocycles. The summed E-state index contributed by atoms with van der Waals surface area (Å²) >= 11 is 0. The number of anilines is 1. The largest absolute Gasteiger partial charge is 0.490 e. The molecule has 150 valence electrons. The van der Waals surface area contributed by atoms with Crippen molar-refractivity contribution in [2.45, 2.75) is 77.7 Å². The number of ether oxygens (including phenoxy) is 1. The van der Waals surface area contributed by atoms with Gasteiger partial charge in [0.25, 0.3) is 0 Å². The maximum Gasteiger partial charge on any atom is 0.235 e. The standard InChI is InChI=1S/C25H33NO2/c1-5-20(4)28-23-14-13-22(17-19(23)3)26-24(27)25(15-7-6-8-16-25)21-11-9-18(2)10-12-21/h9-14,17,20H,5-8,15-16H2,1-4H3,(H,26,27). The van der Waals surface area contributed by atoms with Gasteiger partial charge in [-0.15, -0.1) is 0 Å². The van der Waals surface area contributed by atoms with Crippen molar-refractivity contribution in [2.75, 3.05) is 5.32 Å². The summed E-state index contributed by atoms with van der Waals surface area (Å²) in [5.74, 6) is 1.00. The number of benzene rings is 2. The van der Waals surface area contributed by atoms with Crippen LogP contribution in [0.3, 0.4) is 0 Å². The van der Waals surface area contributed by atoms with Crippen LogP contribution in [-0.4, -0.2) is 12.0 Å². The molecule has 0 saturated heterocycles. The molecular formula is C25H33NO2. The van der Waals surface area contributed by atoms with Crippen LogP contribution >= 0.6 is 0 Å². The van der Waals surface area contributed by atoms with Gasteiger partial charge in [0, 0.05) is 5.69 Å². The molecule has 3 rings (SSSR count). The highest BCUT2D eigenvalue weighted by molar-refractivity contribution is 5.99. The van der Waals surface area contributed by atoms with Gasteiger partial charge < -0.3 is 10.1 Å². The minimum Gasteiger partial charge on any atom is -0.490 e. The van der Waals surface area contributed by atoms with Gasteiger partial charge in [0.2, 0.25) is 5.91 Å². The summed E-state index contributed by atoms with van der Waals surface area (Å²) in [6.45, 7) is 8.31. The Morgan fingerprint density at radius 1 is 1.07 bits per heavy atom. The van der Waals surface area contributed by atoms with E-state index in [-0.39, 0.29) is 12.0 Å². The summed E-state index contributed by atoms with van der Waals surface area (Å²) < 4.78 is 5.96. The lowest BCUT2D eigenvalue weighted by atomic mass is 9.68. The molecule has 1 aliphatic carbocycles. The second kappa shape index (κ2) is 8.81. The Morgan fingerprint density at radius 2 is 1.75 bits per heavy atom. The minimum absolute atomic E-state index is 0.117. The Hall–Kier alpha value is -2.29. The molecule has 0 bridgehead atoms. The third kappa shape index (κ3) is 4.40. The molecule has 0 aromatic heterocycles. The van der Waals surface area contributed by atoms with Gasteiger partial charge >= 0.3 is 0 Å². The molecule has 28 heavy (non-hydrogen) atoms. The van der Waals surface area contributed by atoms with Crippen molar-refractivity contribution in [1.82, 2.24) is 0 Å². The predicted molar refractivity (Wildman–Crippen MR) is 116 cm³/mol. The molecule has 1 aliphatic rings. The van der Waals surface area contributed by atoms with Gasteiger partial charge in [-0.2, -0.15) is 0 Å². The van der Waals surface area contributed by atoms with Gasteiger partial charge in [-0.25, -0.2) is 0 Å². The topological polar surface area (TPSA) is 38.3 Å². The van der Waals surface area contributed by atoms with E-state index in [2.05, 4.69) is 50.4 Å². The van der Waals surface area contributed by atoms with E-state index < -0.39 is 5.41 Å². The molecule has 1 atom stereocenters. The van der Waals surface area contributed by atoms with Crippen molar-refractivity contribution in [3.05, 3.63) is 59.2 Å². The Kier molecular flexibility index (Phi) is 6.43. The fourth-order valence-electron chi connectivity index (χ4n) is 4.08. The van der Waals surface area contributed by atoms with Crippen LogP contribution in [0.1, 0.15) is 69.1 Å². The van der Waals surface area contributed by atoms with Gasteiger partial charge in [0.15, 0.2) is 0 Å². The van der Waals surface area contributed by atoms with E-state index in [0.29, 0.717) is 0 Å². The molecule has 0 heterocycles. The number of nitrogens with one attached hydrogen (secondary N) is 1. The van der Waals surface area contributed by atoms with E-state index in [4.69, 9.17) is 4.74 Å². The first-order valence-corrected chi connectivity index (χ1v) is 10.6. The molecule has 1 unspecified atom stereocenters. The maximum atomic E-state index is 13.5. The summed E-state index contributed by atoms with van der Waals surface area (Å²) in [5, 5.41) is 3.21. The van der Waals surface area contributed by atoms with Gasteiger partial charge in [-0.05, 0) is 69.4 Å². The zero-order valence-corrected chi connectivity index (χ0v) is 17.7. The lowest BCUT2D eigenvalue weighted by molar-refractivity contribution is -0.122. The van der Waals surface area contributed by atoms with Gasteiger partial charge in [-0.3, -0.25) is 4.79 Å². The first kappa shape index (κ1) is 20.4. The summed E-state index contributed by atoms with van der Waals surface area (Å²) in [4.78, 5) is 13.5. The van der Waals surface area contributed by atoms with Crippen molar-refractivity contribution in [3.8, 4) is 5.75 Å². The lowest BCUT2D eigenvalue weighted by Gasteiger charge is -2.36. The first-order chi connectivity index (χ1) is 13.4. The van der Waals surface area contributed by atoms with E-state index in [1.807, 2.05) is 25.1 Å². The first-order valence-electron chi connectivity index (χ1n) is 10.6. The maximum absolute atomic E-state index is 13.5. The summed E-state index contributed by atoms with van der Waals surface area (Å²) in [6, 6.07) is 14.4. The van der Waals surface area contributed by atoms with Crippen LogP contribution in [0.15, 0.2) is 42.5 Å². The Balaban J connectivity index is 1.82. The highest BCUT2D eigenvalue weighted by atomic mass is 16.5. The van der Waals surface area contributed by atoms with E-state index >= 15 is 0 Å². The van der Waals surface area contributed by atoms with Crippen molar-refractivity contribution in [1.29, 1.82) is 0 Å². The molecule has 2 aromatic carbocycles. The molecule has 1 fully saturated rings. The van der Waals surface area contributed by atoms with Crippen LogP contribution in [0, 0.1) is 13.8 Å². The molecule has 3 nitrogen and oxygen atoms in total. The highest BCUT2D eigenvalue weighted by Gasteiger charge is 2.41. The number of amides is 1. The molecule has 1 N–H and O–H groups in total. The third-order valence-electron chi connectivity index (χ3n) is 6.08. The summed E-state index contributed by atoms with van der Waals surface area (Å²) in [6.07, 6.45) is 6.39. The smallest absolute Gasteiger partial charge is 0.235 e. The van der Waals surface area contributed by atoms with Gasteiger partial charge in [-0.1, -0.05) is 56.0 Å². The fourth-order valence-corrected chi connectivity index (χ4v) is 4.08. The summed E-state index contributed by atoms with van der Waals surface area (Å²) in [5.41, 5.74) is 3.83. The van der Waals surface area contributed by atoms with Crippen molar-refractivity contribution < 1.29 is 9.53 Å². The molecule has 2 aromatic rings. The lowest BCUT2D eigenvalue weighted by Crippen LogP contribution is -2.42. The second-order valence-corrected chi connectivity index (χ2v) is 8.28. The average Bonchev–Trinajstić information content (AvgIpc) is 2.71. The average molecular weight is 380 g/mol. The zero-order valence-electron chi connectivity index (χ0n) is 17.7. The quantitative estimate of drug-likeness (QED) is 0.637. The van der Waals surface area contributed by atoms with Crippen molar-refractivity contribution in [3.63, 3.8) is 0 Å². The van der Waals surface area contributed by atoms with Crippen LogP contribution in [0.5, 0.6) is 5.75 Å². The van der Waals surface area contributed by atoms with Crippen molar-refractivity contribution >= 4 is 11.6 Å². The molecule has 0 radical (unpaired) electrons. The molecule has 3 heteroatoms. The highest BCUT2D eigenvalue weighted by Crippen LogP contribution is 2.40. The number of carbonyl (C=O) groups excluding carboxylic acids is 1. The second-order valence-electron chi connectivity index (χ2n) is 8.28. The van der Waals surface area contributed by atoms with E-state index in [1.54, 1.807) is 0 Å². The van der Waals surface area contributed by atoms with E-state index in [0.717, 1.165) is 54.7 Å². The van der Waals surface area contributed by atoms with Crippen molar-refractivity contribution in [2.24, 2.45) is 0 Å². The molecule has 1 amide bonds. The zero-order chi connectivity index (χ0) is 20.1. The van der Waals surface area contributed by atoms with Crippen LogP contribution in [0.2, 0.25) is 0 Å². The Labute approximate surface area is 169 Å². The van der Waals surface area contributed by atoms with Crippen LogP contribution in [0.4, 0.5) is 5.69 Å². The molecular weight excluding hydrogens is 346 g/mol. The number of hydrogen-bond donors (Lipinski definition) is 1. The van der Waals surface area contributed by atoms with E-state index in [1.165, 1.54) is 12.0 Å². The van der Waals surface area contributed by atoms with Crippen LogP contribution < -0.4 is 10.1 Å². The summed E-state index contributed by atoms with van der Waals surface area (Å²) in [7, 11) is 0. The van der Waals surface area contributed by atoms with Gasteiger partial charge in [0.1, 0.15) is 5.75 Å². The van der Waals surface area contributed by atoms with Crippen LogP contribution in [-0.2, 0) is 10.2 Å². The van der Waals surface area contributed by atoms with Crippen LogP contribution in [0.25, 0.3) is 0 Å². The van der Waals surface area contributed by atoms with E-state index in [9.17, 15) is 4.79 Å². The predicted octanol–water partition coefficient (Wildman–Crippen LogP) is 6.32. The number of carbonyl (C=O) groups is 1. The Bertz CT molecular complexity index is 804. The Morgan fingerprint density at radius 3 is 2.36 bits per heavy atom. The third-order valence-corrected chi connectivity index (χ3v) is 6.08. The fraction of sp³-hybridized carbons (Fsp3) is 0.480. The number of rotatable bonds is 6. The number of hydrogen-bond acceptors (Lipinski definition) is 2. The normalized spacial score (nSPS) is 17.0. The van der Waals surface area contributed by atoms with Gasteiger partial charge in [0.05, 0.1) is 11.5 Å². The molecule has 0 aliphatic heterocycles. The monoisotopic (exact) mass is 379 g/mol. The SMILES string of the molecule is CCC(C)Oc1ccc(NC(=O)C2(c3ccc(C)cc3)CCCCC2)cc1C.